The quantitative estimate of drug-likeness (QED) is 0.131. The van der Waals surface area contributed by atoms with Crippen LogP contribution in [-0.4, -0.2) is 41.5 Å². The van der Waals surface area contributed by atoms with Crippen LogP contribution in [0.5, 0.6) is 11.5 Å². The molecule has 49 heavy (non-hydrogen) atoms. The van der Waals surface area contributed by atoms with Crippen molar-refractivity contribution in [3.05, 3.63) is 119 Å². The van der Waals surface area contributed by atoms with E-state index in [1.165, 1.54) is 6.92 Å². The lowest BCUT2D eigenvalue weighted by atomic mass is 9.61. The van der Waals surface area contributed by atoms with Gasteiger partial charge in [-0.05, 0) is 73.2 Å². The van der Waals surface area contributed by atoms with Crippen LogP contribution in [0.15, 0.2) is 97.1 Å². The smallest absolute Gasteiger partial charge is 0.235 e. The van der Waals surface area contributed by atoms with Crippen LogP contribution in [0.2, 0.25) is 0 Å². The molecule has 0 bridgehead atoms. The number of ketones is 1. The van der Waals surface area contributed by atoms with Crippen molar-refractivity contribution in [2.45, 2.75) is 64.9 Å². The summed E-state index contributed by atoms with van der Waals surface area (Å²) in [5.74, 6) is -3.95. The largest absolute Gasteiger partial charge is 0.490 e. The Balaban J connectivity index is 1.56. The van der Waals surface area contributed by atoms with Crippen molar-refractivity contribution in [1.29, 1.82) is 0 Å². The zero-order chi connectivity index (χ0) is 35.0. The minimum absolute atomic E-state index is 0.343. The van der Waals surface area contributed by atoms with Crippen LogP contribution in [0.1, 0.15) is 62.3 Å². The summed E-state index contributed by atoms with van der Waals surface area (Å²) in [5.41, 5.74) is 2.98. The number of benzene rings is 4. The first-order valence-corrected chi connectivity index (χ1v) is 17.1. The molecule has 0 aromatic heterocycles. The molecule has 8 nitrogen and oxygen atoms in total. The summed E-state index contributed by atoms with van der Waals surface area (Å²) in [5, 5.41) is 17.9. The zero-order valence-corrected chi connectivity index (χ0v) is 28.7. The standard InChI is InChI=1S/C41H46N2O6/c1-5-28-17-11-13-19-31(28)42-39(45)37-33(44)26-41(4,47)38(40(46)43-32-20-14-12-18-29(32)6-2)36(37)30-21-22-34(35(25-30)48-7-3)49-24-23-27-15-9-8-10-16-27/h8-22,25,36-38,47H,5-7,23-24,26H2,1-4H3,(H,42,45)(H,43,46). The Morgan fingerprint density at radius 1 is 0.776 bits per heavy atom. The minimum Gasteiger partial charge on any atom is -0.490 e. The van der Waals surface area contributed by atoms with Gasteiger partial charge < -0.3 is 25.2 Å². The summed E-state index contributed by atoms with van der Waals surface area (Å²) in [4.78, 5) is 42.5. The lowest BCUT2D eigenvalue weighted by Crippen LogP contribution is -2.56. The highest BCUT2D eigenvalue weighted by atomic mass is 16.5. The molecule has 256 valence electrons. The van der Waals surface area contributed by atoms with Crippen molar-refractivity contribution in [2.24, 2.45) is 11.8 Å². The molecular weight excluding hydrogens is 616 g/mol. The summed E-state index contributed by atoms with van der Waals surface area (Å²) in [6, 6.07) is 30.2. The Morgan fingerprint density at radius 2 is 1.37 bits per heavy atom. The van der Waals surface area contributed by atoms with E-state index in [0.717, 1.165) is 16.7 Å². The summed E-state index contributed by atoms with van der Waals surface area (Å²) in [6.45, 7) is 8.09. The number of para-hydroxylation sites is 2. The van der Waals surface area contributed by atoms with Gasteiger partial charge in [-0.25, -0.2) is 0 Å². The van der Waals surface area contributed by atoms with Crippen molar-refractivity contribution in [2.75, 3.05) is 23.8 Å². The molecule has 3 N–H and O–H groups in total. The fourth-order valence-corrected chi connectivity index (χ4v) is 6.86. The van der Waals surface area contributed by atoms with Crippen molar-refractivity contribution in [3.63, 3.8) is 0 Å². The molecule has 0 saturated heterocycles. The van der Waals surface area contributed by atoms with E-state index in [4.69, 9.17) is 9.47 Å². The number of carbonyl (C=O) groups excluding carboxylic acids is 3. The van der Waals surface area contributed by atoms with E-state index in [1.54, 1.807) is 24.3 Å². The summed E-state index contributed by atoms with van der Waals surface area (Å²) in [7, 11) is 0. The molecule has 1 aliphatic rings. The van der Waals surface area contributed by atoms with E-state index in [1.807, 2.05) is 93.6 Å². The van der Waals surface area contributed by atoms with Gasteiger partial charge in [-0.15, -0.1) is 0 Å². The minimum atomic E-state index is -1.75. The maximum absolute atomic E-state index is 14.4. The number of carbonyl (C=O) groups is 3. The first kappa shape index (κ1) is 35.4. The van der Waals surface area contributed by atoms with E-state index in [2.05, 4.69) is 10.6 Å². The molecule has 4 atom stereocenters. The molecule has 5 rings (SSSR count). The number of hydrogen-bond acceptors (Lipinski definition) is 6. The lowest BCUT2D eigenvalue weighted by Gasteiger charge is -2.44. The number of nitrogens with one attached hydrogen (secondary N) is 2. The second-order valence-electron chi connectivity index (χ2n) is 12.7. The molecule has 4 unspecified atom stereocenters. The average Bonchev–Trinajstić information content (AvgIpc) is 3.09. The molecule has 4 aromatic rings. The third-order valence-corrected chi connectivity index (χ3v) is 9.29. The van der Waals surface area contributed by atoms with Crippen molar-refractivity contribution >= 4 is 29.0 Å². The highest BCUT2D eigenvalue weighted by Gasteiger charge is 2.56. The Hall–Kier alpha value is -4.95. The Kier molecular flexibility index (Phi) is 11.5. The molecule has 0 aliphatic heterocycles. The number of Topliss-reactive ketones (excluding diaryl/α,β-unsaturated/α-hetero) is 1. The topological polar surface area (TPSA) is 114 Å². The lowest BCUT2D eigenvalue weighted by molar-refractivity contribution is -0.150. The van der Waals surface area contributed by atoms with E-state index in [-0.39, 0.29) is 6.42 Å². The van der Waals surface area contributed by atoms with Gasteiger partial charge in [0.15, 0.2) is 11.5 Å². The van der Waals surface area contributed by atoms with Crippen molar-refractivity contribution in [1.82, 2.24) is 0 Å². The van der Waals surface area contributed by atoms with Gasteiger partial charge in [0.25, 0.3) is 0 Å². The molecule has 1 fully saturated rings. The Labute approximate surface area is 288 Å². The number of anilines is 2. The van der Waals surface area contributed by atoms with Gasteiger partial charge in [0.1, 0.15) is 11.7 Å². The maximum Gasteiger partial charge on any atom is 0.235 e. The normalized spacial score (nSPS) is 20.3. The number of ether oxygens (including phenoxy) is 2. The van der Waals surface area contributed by atoms with Crippen LogP contribution in [0.3, 0.4) is 0 Å². The summed E-state index contributed by atoms with van der Waals surface area (Å²) >= 11 is 0. The van der Waals surface area contributed by atoms with Gasteiger partial charge >= 0.3 is 0 Å². The Bertz CT molecular complexity index is 1770. The van der Waals surface area contributed by atoms with Gasteiger partial charge in [0.05, 0.1) is 24.7 Å². The molecule has 0 spiro atoms. The van der Waals surface area contributed by atoms with E-state index in [0.29, 0.717) is 60.9 Å². The zero-order valence-electron chi connectivity index (χ0n) is 28.7. The molecule has 0 heterocycles. The van der Waals surface area contributed by atoms with Crippen molar-refractivity contribution in [3.8, 4) is 11.5 Å². The molecule has 4 aromatic carbocycles. The summed E-state index contributed by atoms with van der Waals surface area (Å²) < 4.78 is 12.2. The van der Waals surface area contributed by atoms with Crippen LogP contribution in [0, 0.1) is 11.8 Å². The van der Waals surface area contributed by atoms with Crippen LogP contribution in [0.25, 0.3) is 0 Å². The molecule has 0 radical (unpaired) electrons. The fourth-order valence-electron chi connectivity index (χ4n) is 6.86. The molecule has 2 amide bonds. The highest BCUT2D eigenvalue weighted by Crippen LogP contribution is 2.48. The fraction of sp³-hybridized carbons (Fsp3) is 0.341. The molecule has 1 aliphatic carbocycles. The van der Waals surface area contributed by atoms with Gasteiger partial charge in [0, 0.05) is 30.1 Å². The van der Waals surface area contributed by atoms with Crippen LogP contribution >= 0.6 is 0 Å². The predicted molar refractivity (Wildman–Crippen MR) is 192 cm³/mol. The van der Waals surface area contributed by atoms with E-state index < -0.39 is 41.0 Å². The van der Waals surface area contributed by atoms with Gasteiger partial charge in [-0.3, -0.25) is 14.4 Å². The first-order valence-electron chi connectivity index (χ1n) is 17.1. The first-order chi connectivity index (χ1) is 23.7. The van der Waals surface area contributed by atoms with Crippen molar-refractivity contribution < 1.29 is 29.0 Å². The third kappa shape index (κ3) is 8.20. The average molecular weight is 663 g/mol. The maximum atomic E-state index is 14.4. The molecular formula is C41H46N2O6. The number of hydrogen-bond donors (Lipinski definition) is 3. The van der Waals surface area contributed by atoms with Crippen LogP contribution < -0.4 is 20.1 Å². The number of aryl methyl sites for hydroxylation is 2. The van der Waals surface area contributed by atoms with Gasteiger partial charge in [-0.2, -0.15) is 0 Å². The van der Waals surface area contributed by atoms with Crippen LogP contribution in [0.4, 0.5) is 11.4 Å². The molecule has 8 heteroatoms. The predicted octanol–water partition coefficient (Wildman–Crippen LogP) is 7.15. The second kappa shape index (κ2) is 16.0. The third-order valence-electron chi connectivity index (χ3n) is 9.29. The summed E-state index contributed by atoms with van der Waals surface area (Å²) in [6.07, 6.45) is 1.70. The number of aliphatic hydroxyl groups is 1. The number of rotatable bonds is 13. The monoisotopic (exact) mass is 662 g/mol. The Morgan fingerprint density at radius 3 is 1.98 bits per heavy atom. The van der Waals surface area contributed by atoms with Crippen LogP contribution in [-0.2, 0) is 33.6 Å². The highest BCUT2D eigenvalue weighted by molar-refractivity contribution is 6.10. The van der Waals surface area contributed by atoms with E-state index in [9.17, 15) is 19.5 Å². The second-order valence-corrected chi connectivity index (χ2v) is 12.7. The molecule has 1 saturated carbocycles. The van der Waals surface area contributed by atoms with Gasteiger partial charge in [-0.1, -0.05) is 86.6 Å². The van der Waals surface area contributed by atoms with Gasteiger partial charge in [0.2, 0.25) is 11.8 Å². The number of amides is 2. The van der Waals surface area contributed by atoms with E-state index >= 15 is 0 Å². The SMILES string of the molecule is CCOc1cc(C2C(C(=O)Nc3ccccc3CC)C(=O)CC(C)(O)C2C(=O)Nc2ccccc2CC)ccc1OCCc1ccccc1.